The van der Waals surface area contributed by atoms with Crippen LogP contribution >= 0.6 is 0 Å². The predicted octanol–water partition coefficient (Wildman–Crippen LogP) is 2.14. The van der Waals surface area contributed by atoms with Crippen molar-refractivity contribution in [3.8, 4) is 0 Å². The maximum Gasteiger partial charge on any atom is 0.138 e. The van der Waals surface area contributed by atoms with Gasteiger partial charge in [-0.15, -0.1) is 0 Å². The van der Waals surface area contributed by atoms with Gasteiger partial charge in [0.05, 0.1) is 11.8 Å². The third-order valence-corrected chi connectivity index (χ3v) is 4.64. The van der Waals surface area contributed by atoms with Gasteiger partial charge in [0.1, 0.15) is 5.76 Å². The number of aliphatic hydroxyl groups excluding tert-OH is 1. The second-order valence-corrected chi connectivity index (χ2v) is 6.31. The van der Waals surface area contributed by atoms with Crippen LogP contribution in [-0.2, 0) is 6.54 Å². The van der Waals surface area contributed by atoms with E-state index in [9.17, 15) is 5.11 Å². The standard InChI is InChI=1S/C18H25N3O2/c1-14-17(15(2)23-19-14)12-20-8-10-21(11-9-20)13-18(22)16-6-4-3-5-7-16/h3-7,18,22H,8-13H2,1-2H3/t18-/m1/s1. The van der Waals surface area contributed by atoms with Gasteiger partial charge in [0.2, 0.25) is 0 Å². The van der Waals surface area contributed by atoms with Gasteiger partial charge in [0.15, 0.2) is 0 Å². The molecule has 5 nitrogen and oxygen atoms in total. The van der Waals surface area contributed by atoms with Gasteiger partial charge in [-0.05, 0) is 19.4 Å². The SMILES string of the molecule is Cc1noc(C)c1CN1CCN(C[C@@H](O)c2ccccc2)CC1. The lowest BCUT2D eigenvalue weighted by molar-refractivity contribution is 0.0699. The minimum atomic E-state index is -0.412. The van der Waals surface area contributed by atoms with E-state index in [1.165, 1.54) is 5.56 Å². The molecular weight excluding hydrogens is 290 g/mol. The minimum absolute atomic E-state index is 0.412. The van der Waals surface area contributed by atoms with Crippen LogP contribution in [0.2, 0.25) is 0 Å². The van der Waals surface area contributed by atoms with Crippen molar-refractivity contribution in [3.63, 3.8) is 0 Å². The third-order valence-electron chi connectivity index (χ3n) is 4.64. The summed E-state index contributed by atoms with van der Waals surface area (Å²) in [5, 5.41) is 14.4. The third kappa shape index (κ3) is 3.99. The zero-order valence-electron chi connectivity index (χ0n) is 13.9. The highest BCUT2D eigenvalue weighted by atomic mass is 16.5. The molecule has 1 N–H and O–H groups in total. The van der Waals surface area contributed by atoms with E-state index in [2.05, 4.69) is 15.0 Å². The highest BCUT2D eigenvalue weighted by Crippen LogP contribution is 2.18. The average Bonchev–Trinajstić information content (AvgIpc) is 2.89. The van der Waals surface area contributed by atoms with Crippen molar-refractivity contribution in [1.82, 2.24) is 15.0 Å². The molecule has 1 aromatic carbocycles. The van der Waals surface area contributed by atoms with Gasteiger partial charge in [-0.25, -0.2) is 0 Å². The smallest absolute Gasteiger partial charge is 0.138 e. The first-order chi connectivity index (χ1) is 11.1. The monoisotopic (exact) mass is 315 g/mol. The number of β-amino-alcohol motifs (C(OH)–C–C–N with tert-alkyl or cyclic N) is 1. The fourth-order valence-corrected chi connectivity index (χ4v) is 3.11. The number of benzene rings is 1. The Hall–Kier alpha value is -1.69. The molecule has 0 bridgehead atoms. The van der Waals surface area contributed by atoms with E-state index >= 15 is 0 Å². The Balaban J connectivity index is 1.49. The lowest BCUT2D eigenvalue weighted by Crippen LogP contribution is -2.47. The largest absolute Gasteiger partial charge is 0.387 e. The molecule has 23 heavy (non-hydrogen) atoms. The Bertz CT molecular complexity index is 599. The topological polar surface area (TPSA) is 52.7 Å². The van der Waals surface area contributed by atoms with Gasteiger partial charge >= 0.3 is 0 Å². The first-order valence-corrected chi connectivity index (χ1v) is 8.23. The number of piperazine rings is 1. The summed E-state index contributed by atoms with van der Waals surface area (Å²) in [5.41, 5.74) is 3.19. The molecule has 1 aliphatic heterocycles. The van der Waals surface area contributed by atoms with Crippen molar-refractivity contribution in [3.05, 3.63) is 52.9 Å². The molecule has 1 saturated heterocycles. The summed E-state index contributed by atoms with van der Waals surface area (Å²) in [6.45, 7) is 9.54. The fraction of sp³-hybridized carbons (Fsp3) is 0.500. The molecule has 2 aromatic rings. The molecule has 5 heteroatoms. The Labute approximate surface area is 137 Å². The zero-order valence-corrected chi connectivity index (χ0v) is 13.9. The number of aliphatic hydroxyl groups is 1. The molecule has 0 unspecified atom stereocenters. The quantitative estimate of drug-likeness (QED) is 0.916. The second kappa shape index (κ2) is 7.25. The summed E-state index contributed by atoms with van der Waals surface area (Å²) in [6.07, 6.45) is -0.412. The van der Waals surface area contributed by atoms with Crippen LogP contribution in [0.25, 0.3) is 0 Å². The van der Waals surface area contributed by atoms with Crippen LogP contribution in [0, 0.1) is 13.8 Å². The van der Waals surface area contributed by atoms with Crippen LogP contribution < -0.4 is 0 Å². The number of rotatable bonds is 5. The van der Waals surface area contributed by atoms with Crippen LogP contribution in [0.1, 0.15) is 28.7 Å². The molecule has 1 aliphatic rings. The number of hydrogen-bond acceptors (Lipinski definition) is 5. The molecule has 0 saturated carbocycles. The van der Waals surface area contributed by atoms with Gasteiger partial charge in [-0.2, -0.15) is 0 Å². The normalized spacial score (nSPS) is 18.2. The highest BCUT2D eigenvalue weighted by molar-refractivity contribution is 5.20. The summed E-state index contributed by atoms with van der Waals surface area (Å²) < 4.78 is 5.24. The minimum Gasteiger partial charge on any atom is -0.387 e. The number of aromatic nitrogens is 1. The maximum absolute atomic E-state index is 10.3. The molecule has 3 rings (SSSR count). The first kappa shape index (κ1) is 16.2. The summed E-state index contributed by atoms with van der Waals surface area (Å²) in [7, 11) is 0. The molecule has 124 valence electrons. The molecule has 2 heterocycles. The van der Waals surface area contributed by atoms with E-state index in [-0.39, 0.29) is 0 Å². The Morgan fingerprint density at radius 2 is 1.74 bits per heavy atom. The zero-order chi connectivity index (χ0) is 16.2. The molecule has 0 radical (unpaired) electrons. The van der Waals surface area contributed by atoms with Gasteiger partial charge in [-0.1, -0.05) is 35.5 Å². The van der Waals surface area contributed by atoms with E-state index in [1.54, 1.807) is 0 Å². The van der Waals surface area contributed by atoms with Crippen LogP contribution in [-0.4, -0.2) is 52.8 Å². The maximum atomic E-state index is 10.3. The Morgan fingerprint density at radius 3 is 2.35 bits per heavy atom. The van der Waals surface area contributed by atoms with Crippen molar-refractivity contribution in [2.24, 2.45) is 0 Å². The lowest BCUT2D eigenvalue weighted by Gasteiger charge is -2.35. The molecule has 0 spiro atoms. The van der Waals surface area contributed by atoms with Gasteiger partial charge in [0, 0.05) is 44.8 Å². The van der Waals surface area contributed by atoms with Crippen LogP contribution in [0.4, 0.5) is 0 Å². The highest BCUT2D eigenvalue weighted by Gasteiger charge is 2.21. The van der Waals surface area contributed by atoms with Crippen molar-refractivity contribution in [2.45, 2.75) is 26.5 Å². The molecule has 1 atom stereocenters. The van der Waals surface area contributed by atoms with Crippen LogP contribution in [0.15, 0.2) is 34.9 Å². The molecule has 1 fully saturated rings. The van der Waals surface area contributed by atoms with E-state index in [1.807, 2.05) is 44.2 Å². The van der Waals surface area contributed by atoms with Gasteiger partial charge in [0.25, 0.3) is 0 Å². The van der Waals surface area contributed by atoms with E-state index in [0.717, 1.165) is 49.7 Å². The van der Waals surface area contributed by atoms with Gasteiger partial charge in [-0.3, -0.25) is 9.80 Å². The van der Waals surface area contributed by atoms with E-state index < -0.39 is 6.10 Å². The van der Waals surface area contributed by atoms with Crippen molar-refractivity contribution < 1.29 is 9.63 Å². The van der Waals surface area contributed by atoms with Crippen LogP contribution in [0.5, 0.6) is 0 Å². The van der Waals surface area contributed by atoms with E-state index in [4.69, 9.17) is 4.52 Å². The molecule has 0 aliphatic carbocycles. The number of hydrogen-bond donors (Lipinski definition) is 1. The van der Waals surface area contributed by atoms with Crippen molar-refractivity contribution in [1.29, 1.82) is 0 Å². The second-order valence-electron chi connectivity index (χ2n) is 6.31. The van der Waals surface area contributed by atoms with Gasteiger partial charge < -0.3 is 9.63 Å². The summed E-state index contributed by atoms with van der Waals surface area (Å²) in [4.78, 5) is 4.76. The van der Waals surface area contributed by atoms with Crippen molar-refractivity contribution >= 4 is 0 Å². The fourth-order valence-electron chi connectivity index (χ4n) is 3.11. The van der Waals surface area contributed by atoms with Crippen LogP contribution in [0.3, 0.4) is 0 Å². The summed E-state index contributed by atoms with van der Waals surface area (Å²) >= 11 is 0. The van der Waals surface area contributed by atoms with E-state index in [0.29, 0.717) is 6.54 Å². The summed E-state index contributed by atoms with van der Waals surface area (Å²) in [5.74, 6) is 0.921. The average molecular weight is 315 g/mol. The summed E-state index contributed by atoms with van der Waals surface area (Å²) in [6, 6.07) is 9.89. The molecular formula is C18H25N3O2. The molecule has 0 amide bonds. The number of nitrogens with zero attached hydrogens (tertiary/aromatic N) is 3. The lowest BCUT2D eigenvalue weighted by atomic mass is 10.1. The number of aryl methyl sites for hydroxylation is 2. The van der Waals surface area contributed by atoms with Crippen molar-refractivity contribution in [2.75, 3.05) is 32.7 Å². The Morgan fingerprint density at radius 1 is 1.09 bits per heavy atom. The predicted molar refractivity (Wildman–Crippen MR) is 89.1 cm³/mol. The Kier molecular flexibility index (Phi) is 5.10. The first-order valence-electron chi connectivity index (χ1n) is 8.23. The molecule has 1 aromatic heterocycles.